The van der Waals surface area contributed by atoms with Crippen LogP contribution in [-0.2, 0) is 4.79 Å². The highest BCUT2D eigenvalue weighted by Gasteiger charge is 2.42. The quantitative estimate of drug-likeness (QED) is 0.843. The maximum atomic E-state index is 12.5. The Morgan fingerprint density at radius 1 is 1.12 bits per heavy atom. The first kappa shape index (κ1) is 16.8. The first-order valence-corrected chi connectivity index (χ1v) is 9.10. The zero-order valence-corrected chi connectivity index (χ0v) is 15.3. The molecule has 0 N–H and O–H groups in total. The Labute approximate surface area is 153 Å². The highest BCUT2D eigenvalue weighted by molar-refractivity contribution is 5.78. The van der Waals surface area contributed by atoms with Crippen LogP contribution >= 0.6 is 0 Å². The lowest BCUT2D eigenvalue weighted by molar-refractivity contribution is -0.132. The number of benzene rings is 1. The minimum absolute atomic E-state index is 0.0760. The Balaban J connectivity index is 1.31. The predicted octanol–water partition coefficient (Wildman–Crippen LogP) is 2.07. The van der Waals surface area contributed by atoms with Crippen molar-refractivity contribution in [2.75, 3.05) is 37.7 Å². The molecule has 2 unspecified atom stereocenters. The molecule has 0 spiro atoms. The SMILES string of the molecule is Cc1cc(N2CC3CN(C(=O)COc4ccccc4C)CC3C2)ncn1. The lowest BCUT2D eigenvalue weighted by Crippen LogP contribution is -2.36. The van der Waals surface area contributed by atoms with Crippen molar-refractivity contribution in [3.8, 4) is 5.75 Å². The number of aryl methyl sites for hydroxylation is 2. The van der Waals surface area contributed by atoms with E-state index in [1.54, 1.807) is 6.33 Å². The molecule has 2 aliphatic heterocycles. The van der Waals surface area contributed by atoms with E-state index in [1.807, 2.05) is 49.1 Å². The topological polar surface area (TPSA) is 58.6 Å². The second-order valence-corrected chi connectivity index (χ2v) is 7.30. The molecule has 2 aromatic rings. The van der Waals surface area contributed by atoms with Crippen LogP contribution in [0.1, 0.15) is 11.3 Å². The largest absolute Gasteiger partial charge is 0.484 e. The van der Waals surface area contributed by atoms with Crippen LogP contribution in [0.4, 0.5) is 5.82 Å². The van der Waals surface area contributed by atoms with E-state index in [-0.39, 0.29) is 12.5 Å². The number of aromatic nitrogens is 2. The summed E-state index contributed by atoms with van der Waals surface area (Å²) in [5.74, 6) is 2.87. The number of para-hydroxylation sites is 1. The van der Waals surface area contributed by atoms with E-state index < -0.39 is 0 Å². The van der Waals surface area contributed by atoms with Crippen LogP contribution in [0.5, 0.6) is 5.75 Å². The number of likely N-dealkylation sites (tertiary alicyclic amines) is 1. The second kappa shape index (κ2) is 6.94. The second-order valence-electron chi connectivity index (χ2n) is 7.30. The van der Waals surface area contributed by atoms with Gasteiger partial charge in [0.15, 0.2) is 6.61 Å². The lowest BCUT2D eigenvalue weighted by Gasteiger charge is -2.22. The van der Waals surface area contributed by atoms with Crippen LogP contribution in [0.3, 0.4) is 0 Å². The normalized spacial score (nSPS) is 21.8. The number of anilines is 1. The smallest absolute Gasteiger partial charge is 0.260 e. The standard InChI is InChI=1S/C20H24N4O2/c1-14-5-3-4-6-18(14)26-12-20(25)24-10-16-8-23(9-17(16)11-24)19-7-15(2)21-13-22-19/h3-7,13,16-17H,8-12H2,1-2H3. The van der Waals surface area contributed by atoms with Crippen molar-refractivity contribution >= 4 is 11.7 Å². The van der Waals surface area contributed by atoms with Gasteiger partial charge in [-0.05, 0) is 25.5 Å². The van der Waals surface area contributed by atoms with Crippen molar-refractivity contribution in [1.29, 1.82) is 0 Å². The molecule has 3 heterocycles. The Bertz CT molecular complexity index is 796. The summed E-state index contributed by atoms with van der Waals surface area (Å²) in [5.41, 5.74) is 2.03. The first-order valence-electron chi connectivity index (χ1n) is 9.10. The number of ether oxygens (including phenoxy) is 1. The highest BCUT2D eigenvalue weighted by atomic mass is 16.5. The molecule has 1 aromatic carbocycles. The van der Waals surface area contributed by atoms with Crippen molar-refractivity contribution < 1.29 is 9.53 Å². The van der Waals surface area contributed by atoms with E-state index in [1.165, 1.54) is 0 Å². The Kier molecular flexibility index (Phi) is 4.49. The van der Waals surface area contributed by atoms with Gasteiger partial charge in [-0.15, -0.1) is 0 Å². The number of fused-ring (bicyclic) bond motifs is 1. The summed E-state index contributed by atoms with van der Waals surface area (Å²) < 4.78 is 5.72. The van der Waals surface area contributed by atoms with E-state index >= 15 is 0 Å². The number of amides is 1. The average Bonchev–Trinajstić information content (AvgIpc) is 3.20. The summed E-state index contributed by atoms with van der Waals surface area (Å²) in [6.45, 7) is 7.59. The summed E-state index contributed by atoms with van der Waals surface area (Å²) in [5, 5.41) is 0. The molecule has 0 bridgehead atoms. The third kappa shape index (κ3) is 3.36. The number of carbonyl (C=O) groups excluding carboxylic acids is 1. The van der Waals surface area contributed by atoms with Gasteiger partial charge < -0.3 is 14.5 Å². The maximum absolute atomic E-state index is 12.5. The summed E-state index contributed by atoms with van der Waals surface area (Å²) in [6, 6.07) is 9.82. The molecule has 6 heteroatoms. The monoisotopic (exact) mass is 352 g/mol. The number of hydrogen-bond donors (Lipinski definition) is 0. The predicted molar refractivity (Wildman–Crippen MR) is 99.2 cm³/mol. The van der Waals surface area contributed by atoms with Crippen LogP contribution < -0.4 is 9.64 Å². The van der Waals surface area contributed by atoms with Gasteiger partial charge in [0.1, 0.15) is 17.9 Å². The number of nitrogens with zero attached hydrogens (tertiary/aromatic N) is 4. The molecule has 0 saturated carbocycles. The van der Waals surface area contributed by atoms with Crippen LogP contribution in [0, 0.1) is 25.7 Å². The molecule has 136 valence electrons. The average molecular weight is 352 g/mol. The molecule has 1 aromatic heterocycles. The molecule has 6 nitrogen and oxygen atoms in total. The van der Waals surface area contributed by atoms with Gasteiger partial charge in [0.25, 0.3) is 5.91 Å². The van der Waals surface area contributed by atoms with E-state index in [2.05, 4.69) is 14.9 Å². The fourth-order valence-corrected chi connectivity index (χ4v) is 3.95. The van der Waals surface area contributed by atoms with Gasteiger partial charge >= 0.3 is 0 Å². The van der Waals surface area contributed by atoms with Crippen molar-refractivity contribution in [1.82, 2.24) is 14.9 Å². The first-order chi connectivity index (χ1) is 12.6. The number of carbonyl (C=O) groups is 1. The fourth-order valence-electron chi connectivity index (χ4n) is 3.95. The molecule has 2 saturated heterocycles. The van der Waals surface area contributed by atoms with Gasteiger partial charge in [0.2, 0.25) is 0 Å². The lowest BCUT2D eigenvalue weighted by atomic mass is 10.0. The summed E-state index contributed by atoms with van der Waals surface area (Å²) in [7, 11) is 0. The minimum Gasteiger partial charge on any atom is -0.484 e. The number of hydrogen-bond acceptors (Lipinski definition) is 5. The molecule has 26 heavy (non-hydrogen) atoms. The maximum Gasteiger partial charge on any atom is 0.260 e. The zero-order valence-electron chi connectivity index (χ0n) is 15.3. The summed E-state index contributed by atoms with van der Waals surface area (Å²) in [4.78, 5) is 25.3. The van der Waals surface area contributed by atoms with Crippen LogP contribution in [0.15, 0.2) is 36.7 Å². The van der Waals surface area contributed by atoms with E-state index in [9.17, 15) is 4.79 Å². The van der Waals surface area contributed by atoms with Crippen molar-refractivity contribution in [2.24, 2.45) is 11.8 Å². The van der Waals surface area contributed by atoms with E-state index in [0.717, 1.165) is 49.0 Å². The molecule has 0 radical (unpaired) electrons. The molecule has 1 amide bonds. The molecular weight excluding hydrogens is 328 g/mol. The van der Waals surface area contributed by atoms with Crippen molar-refractivity contribution in [2.45, 2.75) is 13.8 Å². The van der Waals surface area contributed by atoms with Gasteiger partial charge in [-0.2, -0.15) is 0 Å². The Hall–Kier alpha value is -2.63. The molecular formula is C20H24N4O2. The summed E-state index contributed by atoms with van der Waals surface area (Å²) in [6.07, 6.45) is 1.62. The third-order valence-corrected chi connectivity index (χ3v) is 5.40. The van der Waals surface area contributed by atoms with Crippen LogP contribution in [0.2, 0.25) is 0 Å². The van der Waals surface area contributed by atoms with E-state index in [0.29, 0.717) is 11.8 Å². The van der Waals surface area contributed by atoms with E-state index in [4.69, 9.17) is 4.74 Å². The fraction of sp³-hybridized carbons (Fsp3) is 0.450. The Morgan fingerprint density at radius 3 is 2.54 bits per heavy atom. The minimum atomic E-state index is 0.0760. The Morgan fingerprint density at radius 2 is 1.85 bits per heavy atom. The van der Waals surface area contributed by atoms with Gasteiger partial charge in [0, 0.05) is 49.8 Å². The molecule has 2 atom stereocenters. The van der Waals surface area contributed by atoms with Crippen LogP contribution in [0.25, 0.3) is 0 Å². The molecule has 2 aliphatic rings. The molecule has 2 fully saturated rings. The van der Waals surface area contributed by atoms with Crippen molar-refractivity contribution in [3.63, 3.8) is 0 Å². The molecule has 0 aliphatic carbocycles. The van der Waals surface area contributed by atoms with Gasteiger partial charge in [-0.3, -0.25) is 4.79 Å². The highest BCUT2D eigenvalue weighted by Crippen LogP contribution is 2.33. The molecule has 4 rings (SSSR count). The van der Waals surface area contributed by atoms with Gasteiger partial charge in [-0.25, -0.2) is 9.97 Å². The summed E-state index contributed by atoms with van der Waals surface area (Å²) >= 11 is 0. The number of rotatable bonds is 4. The van der Waals surface area contributed by atoms with Gasteiger partial charge in [0.05, 0.1) is 0 Å². The van der Waals surface area contributed by atoms with Crippen molar-refractivity contribution in [3.05, 3.63) is 47.9 Å². The zero-order chi connectivity index (χ0) is 18.1. The van der Waals surface area contributed by atoms with Gasteiger partial charge in [-0.1, -0.05) is 18.2 Å². The van der Waals surface area contributed by atoms with Crippen LogP contribution in [-0.4, -0.2) is 53.6 Å². The third-order valence-electron chi connectivity index (χ3n) is 5.40.